The summed E-state index contributed by atoms with van der Waals surface area (Å²) in [6, 6.07) is 18.6. The quantitative estimate of drug-likeness (QED) is 0.177. The van der Waals surface area contributed by atoms with E-state index in [1.165, 1.54) is 11.8 Å². The third kappa shape index (κ3) is 4.60. The van der Waals surface area contributed by atoms with Gasteiger partial charge >= 0.3 is 5.97 Å². The van der Waals surface area contributed by atoms with Crippen LogP contribution in [0.2, 0.25) is 0 Å². The number of hydrogen-bond donors (Lipinski definition) is 1. The third-order valence-corrected chi connectivity index (χ3v) is 6.31. The maximum atomic E-state index is 13.3. The van der Waals surface area contributed by atoms with Crippen LogP contribution < -0.4 is 9.64 Å². The van der Waals surface area contributed by atoms with Gasteiger partial charge in [-0.15, -0.1) is 0 Å². The fraction of sp³-hybridized carbons (Fsp3) is 0.207. The molecule has 1 heterocycles. The summed E-state index contributed by atoms with van der Waals surface area (Å²) in [6.45, 7) is 7.25. The number of aryl methyl sites for hydroxylation is 3. The average molecular weight is 470 g/mol. The van der Waals surface area contributed by atoms with Crippen LogP contribution in [0, 0.1) is 13.8 Å². The summed E-state index contributed by atoms with van der Waals surface area (Å²) >= 11 is 0. The lowest BCUT2D eigenvalue weighted by molar-refractivity contribution is -0.132. The predicted molar refractivity (Wildman–Crippen MR) is 134 cm³/mol. The minimum absolute atomic E-state index is 0.0118. The van der Waals surface area contributed by atoms with Gasteiger partial charge in [-0.25, -0.2) is 0 Å². The lowest BCUT2D eigenvalue weighted by atomic mass is 9.94. The van der Waals surface area contributed by atoms with Crippen molar-refractivity contribution in [3.8, 4) is 5.75 Å². The van der Waals surface area contributed by atoms with Crippen molar-refractivity contribution in [2.75, 3.05) is 4.90 Å². The summed E-state index contributed by atoms with van der Waals surface area (Å²) in [5.74, 6) is -1.80. The highest BCUT2D eigenvalue weighted by Gasteiger charge is 2.47. The number of ketones is 1. The van der Waals surface area contributed by atoms with Crippen LogP contribution in [0.3, 0.4) is 0 Å². The molecule has 1 fully saturated rings. The molecule has 1 N–H and O–H groups in total. The van der Waals surface area contributed by atoms with E-state index in [0.717, 1.165) is 23.1 Å². The number of benzene rings is 3. The summed E-state index contributed by atoms with van der Waals surface area (Å²) in [7, 11) is 0. The Morgan fingerprint density at radius 2 is 1.60 bits per heavy atom. The Kier molecular flexibility index (Phi) is 6.56. The maximum Gasteiger partial charge on any atom is 0.308 e. The van der Waals surface area contributed by atoms with Gasteiger partial charge in [-0.1, -0.05) is 49.4 Å². The molecular weight excluding hydrogens is 442 g/mol. The van der Waals surface area contributed by atoms with Crippen molar-refractivity contribution in [3.05, 3.63) is 100 Å². The molecule has 1 atom stereocenters. The number of carbonyl (C=O) groups is 3. The van der Waals surface area contributed by atoms with E-state index >= 15 is 0 Å². The number of amides is 1. The Morgan fingerprint density at radius 1 is 0.943 bits per heavy atom. The van der Waals surface area contributed by atoms with Crippen LogP contribution in [0.25, 0.3) is 5.76 Å². The molecule has 0 spiro atoms. The number of nitrogens with zero attached hydrogens (tertiary/aromatic N) is 1. The van der Waals surface area contributed by atoms with E-state index in [1.54, 1.807) is 42.5 Å². The van der Waals surface area contributed by atoms with Gasteiger partial charge in [0, 0.05) is 18.2 Å². The molecule has 0 bridgehead atoms. The fourth-order valence-corrected chi connectivity index (χ4v) is 4.23. The van der Waals surface area contributed by atoms with Gasteiger partial charge in [-0.2, -0.15) is 0 Å². The van der Waals surface area contributed by atoms with Crippen molar-refractivity contribution in [3.63, 3.8) is 0 Å². The average Bonchev–Trinajstić information content (AvgIpc) is 3.11. The van der Waals surface area contributed by atoms with Crippen molar-refractivity contribution in [1.82, 2.24) is 0 Å². The summed E-state index contributed by atoms with van der Waals surface area (Å²) in [5.41, 5.74) is 4.76. The van der Waals surface area contributed by atoms with Crippen molar-refractivity contribution >= 4 is 29.1 Å². The summed E-state index contributed by atoms with van der Waals surface area (Å²) in [5, 5.41) is 11.3. The predicted octanol–water partition coefficient (Wildman–Crippen LogP) is 5.42. The van der Waals surface area contributed by atoms with Gasteiger partial charge in [0.2, 0.25) is 0 Å². The number of rotatable bonds is 5. The molecule has 0 aromatic heterocycles. The fourth-order valence-electron chi connectivity index (χ4n) is 4.23. The number of anilines is 1. The van der Waals surface area contributed by atoms with Crippen molar-refractivity contribution < 1.29 is 24.2 Å². The van der Waals surface area contributed by atoms with Gasteiger partial charge in [0.15, 0.2) is 0 Å². The first-order valence-electron chi connectivity index (χ1n) is 11.5. The van der Waals surface area contributed by atoms with E-state index in [2.05, 4.69) is 0 Å². The van der Waals surface area contributed by atoms with Crippen molar-refractivity contribution in [2.45, 2.75) is 40.2 Å². The second kappa shape index (κ2) is 9.58. The third-order valence-electron chi connectivity index (χ3n) is 6.31. The molecule has 6 nitrogen and oxygen atoms in total. The number of aliphatic hydroxyl groups excluding tert-OH is 1. The van der Waals surface area contributed by atoms with E-state index in [9.17, 15) is 19.5 Å². The normalized spacial score (nSPS) is 17.0. The summed E-state index contributed by atoms with van der Waals surface area (Å²) < 4.78 is 5.13. The second-order valence-electron chi connectivity index (χ2n) is 8.65. The molecule has 0 aliphatic carbocycles. The monoisotopic (exact) mass is 469 g/mol. The van der Waals surface area contributed by atoms with Gasteiger partial charge in [-0.05, 0) is 66.8 Å². The van der Waals surface area contributed by atoms with E-state index in [0.29, 0.717) is 22.6 Å². The molecule has 35 heavy (non-hydrogen) atoms. The van der Waals surface area contributed by atoms with E-state index in [4.69, 9.17) is 4.74 Å². The van der Waals surface area contributed by atoms with Crippen molar-refractivity contribution in [1.29, 1.82) is 0 Å². The molecule has 1 saturated heterocycles. The van der Waals surface area contributed by atoms with Crippen LogP contribution in [0.5, 0.6) is 5.75 Å². The van der Waals surface area contributed by atoms with Gasteiger partial charge in [0.1, 0.15) is 11.5 Å². The molecule has 6 heteroatoms. The molecule has 4 rings (SSSR count). The lowest BCUT2D eigenvalue weighted by Gasteiger charge is -2.26. The molecule has 1 amide bonds. The molecule has 1 unspecified atom stereocenters. The Balaban J connectivity index is 1.89. The minimum atomic E-state index is -0.852. The highest BCUT2D eigenvalue weighted by molar-refractivity contribution is 6.51. The Bertz CT molecular complexity index is 1340. The van der Waals surface area contributed by atoms with Crippen LogP contribution in [-0.4, -0.2) is 22.8 Å². The number of esters is 1. The molecular formula is C29H27NO5. The Hall–Kier alpha value is -4.19. The number of ether oxygens (including phenoxy) is 1. The maximum absolute atomic E-state index is 13.3. The van der Waals surface area contributed by atoms with E-state index < -0.39 is 23.7 Å². The highest BCUT2D eigenvalue weighted by atomic mass is 16.5. The van der Waals surface area contributed by atoms with Crippen LogP contribution in [-0.2, 0) is 20.8 Å². The number of aliphatic hydroxyl groups is 1. The van der Waals surface area contributed by atoms with E-state index in [-0.39, 0.29) is 11.3 Å². The van der Waals surface area contributed by atoms with Crippen LogP contribution in [0.1, 0.15) is 47.7 Å². The van der Waals surface area contributed by atoms with Crippen LogP contribution in [0.4, 0.5) is 5.69 Å². The first kappa shape index (κ1) is 24.0. The van der Waals surface area contributed by atoms with Gasteiger partial charge in [0.25, 0.3) is 11.7 Å². The second-order valence-corrected chi connectivity index (χ2v) is 8.65. The minimum Gasteiger partial charge on any atom is -0.507 e. The zero-order valence-corrected chi connectivity index (χ0v) is 20.2. The molecule has 178 valence electrons. The van der Waals surface area contributed by atoms with E-state index in [1.807, 2.05) is 45.0 Å². The standard InChI is InChI=1S/C29H27NO5/c1-5-20-7-9-22(10-8-20)27(32)25-26(21-11-14-24(15-12-21)35-19(4)31)30(29(34)28(25)33)23-13-6-17(2)18(3)16-23/h6-16,26,32H,5H2,1-4H3/b27-25+. The topological polar surface area (TPSA) is 83.9 Å². The van der Waals surface area contributed by atoms with Crippen LogP contribution >= 0.6 is 0 Å². The highest BCUT2D eigenvalue weighted by Crippen LogP contribution is 2.42. The number of carbonyl (C=O) groups excluding carboxylic acids is 3. The number of Topliss-reactive ketones (excluding diaryl/α,β-unsaturated/α-hetero) is 1. The molecule has 1 aliphatic rings. The Morgan fingerprint density at radius 3 is 2.17 bits per heavy atom. The molecule has 0 radical (unpaired) electrons. The lowest BCUT2D eigenvalue weighted by Crippen LogP contribution is -2.29. The Labute approximate surface area is 204 Å². The van der Waals surface area contributed by atoms with Gasteiger partial charge in [0.05, 0.1) is 11.6 Å². The summed E-state index contributed by atoms with van der Waals surface area (Å²) in [6.07, 6.45) is 0.840. The SMILES string of the molecule is CCc1ccc(/C(O)=C2\C(=O)C(=O)N(c3ccc(C)c(C)c3)C2c2ccc(OC(C)=O)cc2)cc1. The molecule has 3 aromatic rings. The zero-order valence-electron chi connectivity index (χ0n) is 20.2. The zero-order chi connectivity index (χ0) is 25.3. The largest absolute Gasteiger partial charge is 0.507 e. The van der Waals surface area contributed by atoms with Gasteiger partial charge in [-0.3, -0.25) is 19.3 Å². The number of hydrogen-bond acceptors (Lipinski definition) is 5. The first-order chi connectivity index (χ1) is 16.7. The summed E-state index contributed by atoms with van der Waals surface area (Å²) in [4.78, 5) is 39.3. The smallest absolute Gasteiger partial charge is 0.308 e. The van der Waals surface area contributed by atoms with Gasteiger partial charge < -0.3 is 9.84 Å². The van der Waals surface area contributed by atoms with Crippen LogP contribution in [0.15, 0.2) is 72.3 Å². The first-order valence-corrected chi connectivity index (χ1v) is 11.5. The molecule has 1 aliphatic heterocycles. The molecule has 3 aromatic carbocycles. The van der Waals surface area contributed by atoms with Crippen molar-refractivity contribution in [2.24, 2.45) is 0 Å². The molecule has 0 saturated carbocycles.